The largest absolute Gasteiger partial charge is 0.480 e. The third-order valence-electron chi connectivity index (χ3n) is 4.49. The second-order valence-corrected chi connectivity index (χ2v) is 6.70. The molecule has 11 nitrogen and oxygen atoms in total. The van der Waals surface area contributed by atoms with Crippen molar-refractivity contribution in [1.29, 1.82) is 0 Å². The summed E-state index contributed by atoms with van der Waals surface area (Å²) in [4.78, 5) is 50.8. The van der Waals surface area contributed by atoms with Crippen LogP contribution < -0.4 is 21.7 Å². The number of amides is 3. The minimum atomic E-state index is -1.52. The van der Waals surface area contributed by atoms with Crippen molar-refractivity contribution in [2.24, 2.45) is 5.73 Å². The zero-order valence-electron chi connectivity index (χ0n) is 16.3. The molecule has 3 unspecified atom stereocenters. The molecular formula is C19H25N5O6. The van der Waals surface area contributed by atoms with E-state index in [0.717, 1.165) is 16.5 Å². The molecule has 0 aliphatic rings. The predicted octanol–water partition coefficient (Wildman–Crippen LogP) is -1.78. The number of aliphatic hydroxyl groups excluding tert-OH is 1. The van der Waals surface area contributed by atoms with Gasteiger partial charge in [-0.05, 0) is 18.6 Å². The number of nitrogens with one attached hydrogen (secondary N) is 4. The maximum absolute atomic E-state index is 12.7. The maximum atomic E-state index is 12.7. The predicted molar refractivity (Wildman–Crippen MR) is 107 cm³/mol. The smallest absolute Gasteiger partial charge is 0.328 e. The number of rotatable bonds is 10. The molecule has 1 aromatic heterocycles. The highest BCUT2D eigenvalue weighted by Crippen LogP contribution is 2.19. The highest BCUT2D eigenvalue weighted by atomic mass is 16.4. The SMILES string of the molecule is CC(NC(=O)CN)C(=O)NC(Cc1c[nH]c2ccccc12)C(=O)NC(CO)C(=O)O. The first kappa shape index (κ1) is 22.8. The summed E-state index contributed by atoms with van der Waals surface area (Å²) in [6, 6.07) is 3.72. The molecule has 0 fully saturated rings. The Labute approximate surface area is 172 Å². The molecule has 3 amide bonds. The van der Waals surface area contributed by atoms with Gasteiger partial charge in [-0.1, -0.05) is 18.2 Å². The average Bonchev–Trinajstić information content (AvgIpc) is 3.13. The lowest BCUT2D eigenvalue weighted by Gasteiger charge is -2.22. The van der Waals surface area contributed by atoms with Crippen LogP contribution in [0.2, 0.25) is 0 Å². The molecule has 30 heavy (non-hydrogen) atoms. The lowest BCUT2D eigenvalue weighted by atomic mass is 10.0. The third-order valence-corrected chi connectivity index (χ3v) is 4.49. The summed E-state index contributed by atoms with van der Waals surface area (Å²) in [5, 5.41) is 26.2. The molecule has 0 saturated heterocycles. The van der Waals surface area contributed by atoms with Crippen LogP contribution in [0.5, 0.6) is 0 Å². The molecule has 3 atom stereocenters. The van der Waals surface area contributed by atoms with Gasteiger partial charge in [-0.3, -0.25) is 14.4 Å². The number of aliphatic hydroxyl groups is 1. The third kappa shape index (κ3) is 5.78. The maximum Gasteiger partial charge on any atom is 0.328 e. The summed E-state index contributed by atoms with van der Waals surface area (Å²) >= 11 is 0. The van der Waals surface area contributed by atoms with Crippen molar-refractivity contribution < 1.29 is 29.4 Å². The molecule has 0 radical (unpaired) electrons. The second kappa shape index (κ2) is 10.4. The van der Waals surface area contributed by atoms with Crippen molar-refractivity contribution in [3.8, 4) is 0 Å². The van der Waals surface area contributed by atoms with Crippen LogP contribution in [0.3, 0.4) is 0 Å². The first-order valence-electron chi connectivity index (χ1n) is 9.25. The number of hydrogen-bond acceptors (Lipinski definition) is 6. The molecule has 0 aliphatic heterocycles. The minimum Gasteiger partial charge on any atom is -0.480 e. The Morgan fingerprint density at radius 3 is 2.37 bits per heavy atom. The van der Waals surface area contributed by atoms with Crippen molar-refractivity contribution in [1.82, 2.24) is 20.9 Å². The van der Waals surface area contributed by atoms with Gasteiger partial charge in [0.1, 0.15) is 18.1 Å². The topological polar surface area (TPSA) is 187 Å². The summed E-state index contributed by atoms with van der Waals surface area (Å²) in [5.74, 6) is -3.38. The van der Waals surface area contributed by atoms with Crippen LogP contribution in [0, 0.1) is 0 Å². The van der Waals surface area contributed by atoms with E-state index in [1.165, 1.54) is 6.92 Å². The van der Waals surface area contributed by atoms with Crippen molar-refractivity contribution in [3.05, 3.63) is 36.0 Å². The fraction of sp³-hybridized carbons (Fsp3) is 0.368. The number of carboxylic acids is 1. The first-order chi connectivity index (χ1) is 14.3. The van der Waals surface area contributed by atoms with Gasteiger partial charge in [-0.25, -0.2) is 4.79 Å². The van der Waals surface area contributed by atoms with E-state index >= 15 is 0 Å². The van der Waals surface area contributed by atoms with E-state index in [2.05, 4.69) is 20.9 Å². The van der Waals surface area contributed by atoms with Gasteiger partial charge in [0, 0.05) is 23.5 Å². The van der Waals surface area contributed by atoms with Crippen LogP contribution in [0.15, 0.2) is 30.5 Å². The number of aromatic amines is 1. The molecule has 11 heteroatoms. The lowest BCUT2D eigenvalue weighted by Crippen LogP contribution is -2.56. The molecule has 1 aromatic carbocycles. The summed E-state index contributed by atoms with van der Waals surface area (Å²) in [6.07, 6.45) is 1.74. The van der Waals surface area contributed by atoms with Gasteiger partial charge in [-0.2, -0.15) is 0 Å². The summed E-state index contributed by atoms with van der Waals surface area (Å²) in [5.41, 5.74) is 6.78. The van der Waals surface area contributed by atoms with E-state index in [4.69, 9.17) is 10.8 Å². The number of carbonyl (C=O) groups excluding carboxylic acids is 3. The van der Waals surface area contributed by atoms with Crippen LogP contribution >= 0.6 is 0 Å². The number of carbonyl (C=O) groups is 4. The molecule has 0 bridgehead atoms. The van der Waals surface area contributed by atoms with E-state index in [0.29, 0.717) is 0 Å². The number of carboxylic acid groups (broad SMARTS) is 1. The summed E-state index contributed by atoms with van der Waals surface area (Å²) in [6.45, 7) is 0.322. The van der Waals surface area contributed by atoms with Crippen molar-refractivity contribution >= 4 is 34.6 Å². The van der Waals surface area contributed by atoms with Gasteiger partial charge in [0.2, 0.25) is 17.7 Å². The standard InChI is InChI=1S/C19H25N5O6/c1-10(22-16(26)7-20)17(27)23-14(18(28)24-15(9-25)19(29)30)6-11-8-21-13-5-3-2-4-12(11)13/h2-5,8,10,14-15,21,25H,6-7,9,20H2,1H3,(H,22,26)(H,23,27)(H,24,28)(H,29,30). The highest BCUT2D eigenvalue weighted by molar-refractivity contribution is 5.94. The van der Waals surface area contributed by atoms with Crippen molar-refractivity contribution in [2.45, 2.75) is 31.5 Å². The van der Waals surface area contributed by atoms with E-state index < -0.39 is 48.4 Å². The molecular weight excluding hydrogens is 394 g/mol. The van der Waals surface area contributed by atoms with Gasteiger partial charge in [0.15, 0.2) is 0 Å². The van der Waals surface area contributed by atoms with E-state index in [1.807, 2.05) is 24.3 Å². The van der Waals surface area contributed by atoms with Crippen molar-refractivity contribution in [2.75, 3.05) is 13.2 Å². The Kier molecular flexibility index (Phi) is 7.90. The van der Waals surface area contributed by atoms with Crippen LogP contribution in [-0.4, -0.2) is 70.2 Å². The molecule has 2 rings (SSSR count). The normalized spacial score (nSPS) is 13.8. The van der Waals surface area contributed by atoms with Crippen LogP contribution in [0.25, 0.3) is 10.9 Å². The zero-order chi connectivity index (χ0) is 22.3. The average molecular weight is 419 g/mol. The number of para-hydroxylation sites is 1. The number of nitrogens with two attached hydrogens (primary N) is 1. The van der Waals surface area contributed by atoms with E-state index in [9.17, 15) is 24.3 Å². The Hall–Kier alpha value is -3.44. The Balaban J connectivity index is 2.22. The molecule has 0 spiro atoms. The van der Waals surface area contributed by atoms with E-state index in [1.54, 1.807) is 6.20 Å². The van der Waals surface area contributed by atoms with Crippen molar-refractivity contribution in [3.63, 3.8) is 0 Å². The lowest BCUT2D eigenvalue weighted by molar-refractivity contribution is -0.143. The summed E-state index contributed by atoms with van der Waals surface area (Å²) in [7, 11) is 0. The fourth-order valence-electron chi connectivity index (χ4n) is 2.85. The number of aliphatic carboxylic acids is 1. The Morgan fingerprint density at radius 1 is 1.07 bits per heavy atom. The first-order valence-corrected chi connectivity index (χ1v) is 9.25. The molecule has 0 saturated carbocycles. The Bertz CT molecular complexity index is 927. The molecule has 1 heterocycles. The number of H-pyrrole nitrogens is 1. The quantitative estimate of drug-likeness (QED) is 0.237. The van der Waals surface area contributed by atoms with E-state index in [-0.39, 0.29) is 13.0 Å². The molecule has 162 valence electrons. The molecule has 2 aromatic rings. The number of hydrogen-bond donors (Lipinski definition) is 7. The van der Waals surface area contributed by atoms with Gasteiger partial charge in [-0.15, -0.1) is 0 Å². The van der Waals surface area contributed by atoms with Gasteiger partial charge in [0.05, 0.1) is 13.2 Å². The number of fused-ring (bicyclic) bond motifs is 1. The fourth-order valence-corrected chi connectivity index (χ4v) is 2.85. The van der Waals surface area contributed by atoms with Crippen LogP contribution in [-0.2, 0) is 25.6 Å². The monoisotopic (exact) mass is 419 g/mol. The van der Waals surface area contributed by atoms with Gasteiger partial charge < -0.3 is 36.9 Å². The minimum absolute atomic E-state index is 0.0525. The van der Waals surface area contributed by atoms with Crippen LogP contribution in [0.1, 0.15) is 12.5 Å². The molecule has 0 aliphatic carbocycles. The summed E-state index contributed by atoms with van der Waals surface area (Å²) < 4.78 is 0. The molecule has 8 N–H and O–H groups in total. The van der Waals surface area contributed by atoms with Gasteiger partial charge in [0.25, 0.3) is 0 Å². The Morgan fingerprint density at radius 2 is 1.73 bits per heavy atom. The number of benzene rings is 1. The van der Waals surface area contributed by atoms with Gasteiger partial charge >= 0.3 is 5.97 Å². The van der Waals surface area contributed by atoms with Crippen LogP contribution in [0.4, 0.5) is 0 Å². The highest BCUT2D eigenvalue weighted by Gasteiger charge is 2.28. The number of aromatic nitrogens is 1. The second-order valence-electron chi connectivity index (χ2n) is 6.70. The zero-order valence-corrected chi connectivity index (χ0v) is 16.3.